The smallest absolute Gasteiger partial charge is 0.253 e. The van der Waals surface area contributed by atoms with Crippen LogP contribution in [0.2, 0.25) is 5.02 Å². The zero-order valence-electron chi connectivity index (χ0n) is 12.4. The van der Waals surface area contributed by atoms with E-state index in [4.69, 9.17) is 16.3 Å². The topological polar surface area (TPSA) is 67.2 Å². The number of fused-ring (bicyclic) bond motifs is 3. The summed E-state index contributed by atoms with van der Waals surface area (Å²) in [5, 5.41) is 7.18. The highest BCUT2D eigenvalue weighted by Crippen LogP contribution is 2.21. The summed E-state index contributed by atoms with van der Waals surface area (Å²) in [5.41, 5.74) is 2.92. The molecule has 0 saturated heterocycles. The number of hydrogen-bond donors (Lipinski definition) is 2. The van der Waals surface area contributed by atoms with E-state index in [9.17, 15) is 0 Å². The first-order chi connectivity index (χ1) is 11.2. The molecule has 0 radical (unpaired) electrons. The number of nitrogens with one attached hydrogen (secondary N) is 2. The van der Waals surface area contributed by atoms with Crippen molar-refractivity contribution in [2.75, 3.05) is 12.4 Å². The molecule has 0 bridgehead atoms. The molecule has 7 heteroatoms. The monoisotopic (exact) mass is 327 g/mol. The first-order valence-corrected chi connectivity index (χ1v) is 7.51. The van der Waals surface area contributed by atoms with Crippen LogP contribution in [0, 0.1) is 0 Å². The predicted octanol–water partition coefficient (Wildman–Crippen LogP) is 3.48. The summed E-state index contributed by atoms with van der Waals surface area (Å²) in [6.07, 6.45) is 0. The molecule has 0 aliphatic carbocycles. The molecule has 4 aromatic rings. The number of rotatable bonds is 4. The first kappa shape index (κ1) is 13.9. The summed E-state index contributed by atoms with van der Waals surface area (Å²) in [7, 11) is 1.64. The maximum Gasteiger partial charge on any atom is 0.253 e. The minimum Gasteiger partial charge on any atom is -0.497 e. The molecule has 2 aromatic heterocycles. The molecular weight excluding hydrogens is 314 g/mol. The highest BCUT2D eigenvalue weighted by molar-refractivity contribution is 6.30. The van der Waals surface area contributed by atoms with Crippen molar-refractivity contribution in [1.82, 2.24) is 19.6 Å². The number of nitrogens with zero attached hydrogens (tertiary/aromatic N) is 3. The Morgan fingerprint density at radius 3 is 2.78 bits per heavy atom. The second kappa shape index (κ2) is 5.48. The number of halogens is 1. The number of methoxy groups -OCH3 is 1. The van der Waals surface area contributed by atoms with Crippen LogP contribution in [-0.2, 0) is 6.54 Å². The van der Waals surface area contributed by atoms with Crippen molar-refractivity contribution in [3.8, 4) is 5.75 Å². The highest BCUT2D eigenvalue weighted by atomic mass is 35.5. The Labute approximate surface area is 137 Å². The van der Waals surface area contributed by atoms with Crippen molar-refractivity contribution in [2.45, 2.75) is 6.54 Å². The van der Waals surface area contributed by atoms with Crippen LogP contribution in [0.15, 0.2) is 42.5 Å². The van der Waals surface area contributed by atoms with Crippen LogP contribution in [0.3, 0.4) is 0 Å². The van der Waals surface area contributed by atoms with Crippen molar-refractivity contribution in [2.24, 2.45) is 0 Å². The van der Waals surface area contributed by atoms with Gasteiger partial charge in [-0.1, -0.05) is 23.7 Å². The number of H-pyrrole nitrogens is 1. The number of imidazole rings is 1. The van der Waals surface area contributed by atoms with Crippen LogP contribution in [0.25, 0.3) is 16.8 Å². The minimum atomic E-state index is 0.617. The summed E-state index contributed by atoms with van der Waals surface area (Å²) in [6.45, 7) is 0.652. The van der Waals surface area contributed by atoms with E-state index in [2.05, 4.69) is 20.4 Å². The van der Waals surface area contributed by atoms with Crippen LogP contribution in [0.4, 0.5) is 5.95 Å². The van der Waals surface area contributed by atoms with Gasteiger partial charge in [0.15, 0.2) is 0 Å². The third-order valence-electron chi connectivity index (χ3n) is 3.65. The molecule has 0 atom stereocenters. The van der Waals surface area contributed by atoms with E-state index in [1.54, 1.807) is 7.11 Å². The van der Waals surface area contributed by atoms with Gasteiger partial charge in [-0.25, -0.2) is 9.50 Å². The lowest BCUT2D eigenvalue weighted by molar-refractivity contribution is 0.415. The highest BCUT2D eigenvalue weighted by Gasteiger charge is 2.10. The molecule has 2 N–H and O–H groups in total. The van der Waals surface area contributed by atoms with Gasteiger partial charge in [0.25, 0.3) is 5.78 Å². The zero-order valence-corrected chi connectivity index (χ0v) is 13.1. The summed E-state index contributed by atoms with van der Waals surface area (Å²) in [4.78, 5) is 8.95. The molecule has 0 aliphatic heterocycles. The van der Waals surface area contributed by atoms with Gasteiger partial charge in [0.05, 0.1) is 18.1 Å². The fourth-order valence-corrected chi connectivity index (χ4v) is 2.58. The lowest BCUT2D eigenvalue weighted by Crippen LogP contribution is -2.01. The lowest BCUT2D eigenvalue weighted by atomic mass is 10.2. The summed E-state index contributed by atoms with van der Waals surface area (Å²) in [5.74, 6) is 2.06. The number of anilines is 1. The Bertz CT molecular complexity index is 973. The van der Waals surface area contributed by atoms with Gasteiger partial charge in [0.2, 0.25) is 5.95 Å². The standard InChI is InChI=1S/C16H14ClN5O/c1-23-12-6-7-14-13(8-12)19-16-20-15(21-22(14)16)18-9-10-2-4-11(17)5-3-10/h2-8H,9H2,1H3,(H2,18,19,20,21). The second-order valence-electron chi connectivity index (χ2n) is 5.15. The summed E-state index contributed by atoms with van der Waals surface area (Å²) < 4.78 is 7.06. The zero-order chi connectivity index (χ0) is 15.8. The van der Waals surface area contributed by atoms with Crippen molar-refractivity contribution in [3.63, 3.8) is 0 Å². The van der Waals surface area contributed by atoms with Crippen molar-refractivity contribution in [3.05, 3.63) is 53.1 Å². The van der Waals surface area contributed by atoms with Crippen molar-refractivity contribution in [1.29, 1.82) is 0 Å². The number of hydrogen-bond acceptors (Lipinski definition) is 4. The van der Waals surface area contributed by atoms with Gasteiger partial charge < -0.3 is 10.1 Å². The number of aromatic nitrogens is 4. The van der Waals surface area contributed by atoms with Gasteiger partial charge in [-0.2, -0.15) is 4.98 Å². The van der Waals surface area contributed by atoms with E-state index in [1.807, 2.05) is 47.0 Å². The normalized spacial score (nSPS) is 11.2. The predicted molar refractivity (Wildman–Crippen MR) is 90.2 cm³/mol. The SMILES string of the molecule is COc1ccc2c(c1)nc1nc(NCc3ccc(Cl)cc3)[nH]n12. The molecule has 6 nitrogen and oxygen atoms in total. The van der Waals surface area contributed by atoms with E-state index < -0.39 is 0 Å². The second-order valence-corrected chi connectivity index (χ2v) is 5.59. The van der Waals surface area contributed by atoms with Gasteiger partial charge >= 0.3 is 0 Å². The molecule has 0 unspecified atom stereocenters. The van der Waals surface area contributed by atoms with E-state index in [-0.39, 0.29) is 0 Å². The Hall–Kier alpha value is -2.73. The molecule has 0 amide bonds. The number of aromatic amines is 1. The molecule has 0 aliphatic rings. The van der Waals surface area contributed by atoms with E-state index >= 15 is 0 Å². The lowest BCUT2D eigenvalue weighted by Gasteiger charge is -2.03. The van der Waals surface area contributed by atoms with Crippen LogP contribution in [-0.4, -0.2) is 26.7 Å². The van der Waals surface area contributed by atoms with E-state index in [0.29, 0.717) is 18.3 Å². The number of benzene rings is 2. The van der Waals surface area contributed by atoms with Gasteiger partial charge in [-0.15, -0.1) is 0 Å². The summed E-state index contributed by atoms with van der Waals surface area (Å²) >= 11 is 5.89. The molecule has 116 valence electrons. The van der Waals surface area contributed by atoms with Gasteiger partial charge in [0, 0.05) is 17.6 Å². The van der Waals surface area contributed by atoms with Gasteiger partial charge in [-0.05, 0) is 29.8 Å². The molecule has 4 rings (SSSR count). The fourth-order valence-electron chi connectivity index (χ4n) is 2.46. The van der Waals surface area contributed by atoms with Crippen LogP contribution >= 0.6 is 11.6 Å². The molecule has 23 heavy (non-hydrogen) atoms. The summed E-state index contributed by atoms with van der Waals surface area (Å²) in [6, 6.07) is 13.4. The fraction of sp³-hybridized carbons (Fsp3) is 0.125. The van der Waals surface area contributed by atoms with Gasteiger partial charge in [0.1, 0.15) is 5.75 Å². The molecule has 0 spiro atoms. The first-order valence-electron chi connectivity index (χ1n) is 7.13. The quantitative estimate of drug-likeness (QED) is 0.602. The minimum absolute atomic E-state index is 0.617. The Balaban J connectivity index is 1.60. The molecule has 0 fully saturated rings. The van der Waals surface area contributed by atoms with Crippen molar-refractivity contribution < 1.29 is 4.74 Å². The largest absolute Gasteiger partial charge is 0.497 e. The van der Waals surface area contributed by atoms with Crippen molar-refractivity contribution >= 4 is 34.4 Å². The van der Waals surface area contributed by atoms with Crippen LogP contribution in [0.5, 0.6) is 5.75 Å². The maximum absolute atomic E-state index is 5.89. The Kier molecular flexibility index (Phi) is 3.31. The maximum atomic E-state index is 5.89. The van der Waals surface area contributed by atoms with Crippen LogP contribution in [0.1, 0.15) is 5.56 Å². The average Bonchev–Trinajstić information content (AvgIpc) is 3.10. The van der Waals surface area contributed by atoms with E-state index in [1.165, 1.54) is 0 Å². The van der Waals surface area contributed by atoms with Crippen LogP contribution < -0.4 is 10.1 Å². The van der Waals surface area contributed by atoms with E-state index in [0.717, 1.165) is 27.4 Å². The van der Waals surface area contributed by atoms with Gasteiger partial charge in [-0.3, -0.25) is 5.10 Å². The Morgan fingerprint density at radius 2 is 2.00 bits per heavy atom. The molecule has 2 aromatic carbocycles. The number of ether oxygens (including phenoxy) is 1. The third-order valence-corrected chi connectivity index (χ3v) is 3.90. The molecular formula is C16H14ClN5O. The molecule has 2 heterocycles. The average molecular weight is 328 g/mol. The molecule has 0 saturated carbocycles. The third kappa shape index (κ3) is 2.57. The Morgan fingerprint density at radius 1 is 1.17 bits per heavy atom.